The monoisotopic (exact) mass is 423 g/mol. The maximum atomic E-state index is 12.8. The Hall–Kier alpha value is -2.13. The van der Waals surface area contributed by atoms with E-state index in [1.54, 1.807) is 12.0 Å². The summed E-state index contributed by atoms with van der Waals surface area (Å²) in [6, 6.07) is 7.50. The summed E-state index contributed by atoms with van der Waals surface area (Å²) in [5.74, 6) is 0.728. The minimum absolute atomic E-state index is 0.0437. The van der Waals surface area contributed by atoms with Crippen molar-refractivity contribution in [1.29, 1.82) is 0 Å². The summed E-state index contributed by atoms with van der Waals surface area (Å²) in [7, 11) is -1.61. The van der Waals surface area contributed by atoms with Crippen molar-refractivity contribution in [2.45, 2.75) is 19.3 Å². The van der Waals surface area contributed by atoms with Crippen LogP contribution in [0.2, 0.25) is 0 Å². The lowest BCUT2D eigenvalue weighted by molar-refractivity contribution is -0.141. The Kier molecular flexibility index (Phi) is 6.79. The first-order valence-corrected chi connectivity index (χ1v) is 11.8. The van der Waals surface area contributed by atoms with Crippen LogP contribution in [0.5, 0.6) is 5.75 Å². The fraction of sp³-hybridized carbons (Fsp3) is 0.600. The molecule has 160 valence electrons. The van der Waals surface area contributed by atoms with E-state index in [9.17, 15) is 18.0 Å². The molecular formula is C20H29N3O5S. The molecule has 3 rings (SSSR count). The first kappa shape index (κ1) is 21.6. The van der Waals surface area contributed by atoms with Gasteiger partial charge in [-0.15, -0.1) is 0 Å². The average molecular weight is 424 g/mol. The number of nitrogens with zero attached hydrogens (tertiary/aromatic N) is 3. The zero-order chi connectivity index (χ0) is 21.0. The quantitative estimate of drug-likeness (QED) is 0.691. The standard InChI is InChI=1S/C20H29N3O5S/c1-28-18-6-4-3-5-17(18)15-19(24)21-9-7-16(8-10-21)20(25)22-11-13-23(14-12-22)29(2,26)27/h3-6,16H,7-15H2,1-2H3. The summed E-state index contributed by atoms with van der Waals surface area (Å²) in [5.41, 5.74) is 0.863. The van der Waals surface area contributed by atoms with Gasteiger partial charge >= 0.3 is 0 Å². The van der Waals surface area contributed by atoms with Gasteiger partial charge in [0.05, 0.1) is 19.8 Å². The number of methoxy groups -OCH3 is 1. The van der Waals surface area contributed by atoms with Crippen molar-refractivity contribution in [2.75, 3.05) is 52.6 Å². The fourth-order valence-corrected chi connectivity index (χ4v) is 4.82. The van der Waals surface area contributed by atoms with Crippen molar-refractivity contribution in [3.05, 3.63) is 29.8 Å². The van der Waals surface area contributed by atoms with Crippen LogP contribution in [0.15, 0.2) is 24.3 Å². The first-order valence-electron chi connectivity index (χ1n) is 9.93. The first-order chi connectivity index (χ1) is 13.8. The van der Waals surface area contributed by atoms with Crippen LogP contribution in [0.3, 0.4) is 0 Å². The average Bonchev–Trinajstić information content (AvgIpc) is 2.73. The van der Waals surface area contributed by atoms with Gasteiger partial charge in [0.2, 0.25) is 21.8 Å². The highest BCUT2D eigenvalue weighted by molar-refractivity contribution is 7.88. The molecular weight excluding hydrogens is 394 g/mol. The summed E-state index contributed by atoms with van der Waals surface area (Å²) in [4.78, 5) is 29.0. The number of hydrogen-bond donors (Lipinski definition) is 0. The van der Waals surface area contributed by atoms with Crippen molar-refractivity contribution in [1.82, 2.24) is 14.1 Å². The van der Waals surface area contributed by atoms with E-state index in [1.807, 2.05) is 29.2 Å². The molecule has 1 aromatic carbocycles. The van der Waals surface area contributed by atoms with Gasteiger partial charge < -0.3 is 14.5 Å². The fourth-order valence-electron chi connectivity index (χ4n) is 4.00. The lowest BCUT2D eigenvalue weighted by Crippen LogP contribution is -2.53. The minimum atomic E-state index is -3.21. The molecule has 2 aliphatic heterocycles. The number of ether oxygens (including phenoxy) is 1. The second-order valence-corrected chi connectivity index (χ2v) is 9.61. The molecule has 0 unspecified atom stereocenters. The number of para-hydroxylation sites is 1. The molecule has 2 aliphatic rings. The Labute approximate surface area is 172 Å². The van der Waals surface area contributed by atoms with Crippen LogP contribution in [0.1, 0.15) is 18.4 Å². The highest BCUT2D eigenvalue weighted by Gasteiger charge is 2.33. The molecule has 2 fully saturated rings. The van der Waals surface area contributed by atoms with Gasteiger partial charge in [0.1, 0.15) is 5.75 Å². The van der Waals surface area contributed by atoms with E-state index in [1.165, 1.54) is 10.6 Å². The molecule has 0 N–H and O–H groups in total. The van der Waals surface area contributed by atoms with Crippen LogP contribution in [0.4, 0.5) is 0 Å². The van der Waals surface area contributed by atoms with Crippen LogP contribution < -0.4 is 4.74 Å². The molecule has 2 amide bonds. The molecule has 0 saturated carbocycles. The molecule has 9 heteroatoms. The number of likely N-dealkylation sites (tertiary alicyclic amines) is 1. The molecule has 0 bridgehead atoms. The Balaban J connectivity index is 1.49. The third-order valence-electron chi connectivity index (χ3n) is 5.75. The highest BCUT2D eigenvalue weighted by atomic mass is 32.2. The smallest absolute Gasteiger partial charge is 0.227 e. The van der Waals surface area contributed by atoms with Gasteiger partial charge in [-0.1, -0.05) is 18.2 Å². The van der Waals surface area contributed by atoms with Crippen LogP contribution in [0, 0.1) is 5.92 Å². The Morgan fingerprint density at radius 2 is 1.62 bits per heavy atom. The Morgan fingerprint density at radius 1 is 1.00 bits per heavy atom. The topological polar surface area (TPSA) is 87.2 Å². The second-order valence-electron chi connectivity index (χ2n) is 7.63. The van der Waals surface area contributed by atoms with Crippen molar-refractivity contribution in [3.63, 3.8) is 0 Å². The van der Waals surface area contributed by atoms with Gasteiger partial charge in [-0.3, -0.25) is 9.59 Å². The lowest BCUT2D eigenvalue weighted by atomic mass is 9.94. The van der Waals surface area contributed by atoms with Crippen LogP contribution in [0.25, 0.3) is 0 Å². The molecule has 2 heterocycles. The molecule has 1 aromatic rings. The number of sulfonamides is 1. The third-order valence-corrected chi connectivity index (χ3v) is 7.05. The number of benzene rings is 1. The summed E-state index contributed by atoms with van der Waals surface area (Å²) >= 11 is 0. The molecule has 0 aromatic heterocycles. The molecule has 29 heavy (non-hydrogen) atoms. The summed E-state index contributed by atoms with van der Waals surface area (Å²) in [5, 5.41) is 0. The molecule has 2 saturated heterocycles. The van der Waals surface area contributed by atoms with Gasteiger partial charge in [-0.2, -0.15) is 4.31 Å². The summed E-state index contributed by atoms with van der Waals surface area (Å²) in [6.07, 6.45) is 2.77. The van der Waals surface area contributed by atoms with Crippen molar-refractivity contribution in [2.24, 2.45) is 5.92 Å². The van der Waals surface area contributed by atoms with Gasteiger partial charge in [0.15, 0.2) is 0 Å². The predicted molar refractivity (Wildman–Crippen MR) is 109 cm³/mol. The van der Waals surface area contributed by atoms with E-state index in [0.717, 1.165) is 5.56 Å². The molecule has 0 atom stereocenters. The molecule has 8 nitrogen and oxygen atoms in total. The minimum Gasteiger partial charge on any atom is -0.496 e. The predicted octanol–water partition coefficient (Wildman–Crippen LogP) is 0.580. The van der Waals surface area contributed by atoms with Gasteiger partial charge in [0, 0.05) is 50.7 Å². The van der Waals surface area contributed by atoms with E-state index >= 15 is 0 Å². The maximum absolute atomic E-state index is 12.8. The van der Waals surface area contributed by atoms with Gasteiger partial charge in [-0.05, 0) is 18.9 Å². The SMILES string of the molecule is COc1ccccc1CC(=O)N1CCC(C(=O)N2CCN(S(C)(=O)=O)CC2)CC1. The van der Waals surface area contributed by atoms with E-state index in [4.69, 9.17) is 4.74 Å². The number of hydrogen-bond acceptors (Lipinski definition) is 5. The number of amides is 2. The van der Waals surface area contributed by atoms with Gasteiger partial charge in [-0.25, -0.2) is 8.42 Å². The van der Waals surface area contributed by atoms with E-state index < -0.39 is 10.0 Å². The van der Waals surface area contributed by atoms with E-state index in [-0.39, 0.29) is 24.2 Å². The number of carbonyl (C=O) groups is 2. The number of piperazine rings is 1. The molecule has 0 aliphatic carbocycles. The number of piperidine rings is 1. The zero-order valence-corrected chi connectivity index (χ0v) is 17.9. The highest BCUT2D eigenvalue weighted by Crippen LogP contribution is 2.23. The second kappa shape index (κ2) is 9.13. The van der Waals surface area contributed by atoms with Gasteiger partial charge in [0.25, 0.3) is 0 Å². The maximum Gasteiger partial charge on any atom is 0.227 e. The normalized spacial score (nSPS) is 19.2. The van der Waals surface area contributed by atoms with Crippen molar-refractivity contribution in [3.8, 4) is 5.75 Å². The van der Waals surface area contributed by atoms with Crippen LogP contribution in [-0.2, 0) is 26.0 Å². The lowest BCUT2D eigenvalue weighted by Gasteiger charge is -2.37. The van der Waals surface area contributed by atoms with Crippen LogP contribution in [-0.4, -0.2) is 87.0 Å². The zero-order valence-electron chi connectivity index (χ0n) is 17.0. The summed E-state index contributed by atoms with van der Waals surface area (Å²) < 4.78 is 30.0. The van der Waals surface area contributed by atoms with Crippen molar-refractivity contribution >= 4 is 21.8 Å². The molecule has 0 radical (unpaired) electrons. The molecule has 0 spiro atoms. The Morgan fingerprint density at radius 3 is 2.21 bits per heavy atom. The van der Waals surface area contributed by atoms with Crippen molar-refractivity contribution < 1.29 is 22.7 Å². The summed E-state index contributed by atoms with van der Waals surface area (Å²) in [6.45, 7) is 2.68. The number of carbonyl (C=O) groups excluding carboxylic acids is 2. The largest absolute Gasteiger partial charge is 0.496 e. The number of rotatable bonds is 5. The van der Waals surface area contributed by atoms with Crippen LogP contribution >= 0.6 is 0 Å². The third kappa shape index (κ3) is 5.27. The van der Waals surface area contributed by atoms with E-state index in [0.29, 0.717) is 57.9 Å². The Bertz CT molecular complexity index is 841. The van der Waals surface area contributed by atoms with E-state index in [2.05, 4.69) is 0 Å².